The van der Waals surface area contributed by atoms with E-state index in [-0.39, 0.29) is 35.5 Å². The van der Waals surface area contributed by atoms with E-state index in [1.54, 1.807) is 12.3 Å². The van der Waals surface area contributed by atoms with Crippen LogP contribution in [-0.4, -0.2) is 49.5 Å². The average molecular weight is 501 g/mol. The highest BCUT2D eigenvalue weighted by Gasteiger charge is 2.16. The normalized spacial score (nSPS) is 9.83. The van der Waals surface area contributed by atoms with Gasteiger partial charge < -0.3 is 35.5 Å². The Morgan fingerprint density at radius 1 is 0.914 bits per heavy atom. The molecule has 0 aliphatic heterocycles. The Morgan fingerprint density at radius 2 is 1.49 bits per heavy atom. The molecular formula is C24H25ClN4O6. The Balaban J connectivity index is 0.00000432. The van der Waals surface area contributed by atoms with Crippen LogP contribution < -0.4 is 30.4 Å². The predicted molar refractivity (Wildman–Crippen MR) is 133 cm³/mol. The third kappa shape index (κ3) is 5.96. The SMILES string of the molecule is COc1cc(Cc2cnc(N)nc2N)cc(C#Cc2cc(C(=O)O)cc(OC)c2OC)c1OC.Cl. The van der Waals surface area contributed by atoms with E-state index < -0.39 is 5.97 Å². The topological polar surface area (TPSA) is 152 Å². The van der Waals surface area contributed by atoms with Crippen molar-refractivity contribution in [3.63, 3.8) is 0 Å². The number of aromatic nitrogens is 2. The first-order chi connectivity index (χ1) is 16.3. The lowest BCUT2D eigenvalue weighted by atomic mass is 10.0. The van der Waals surface area contributed by atoms with Crippen molar-refractivity contribution in [1.82, 2.24) is 9.97 Å². The van der Waals surface area contributed by atoms with Crippen LogP contribution in [0.3, 0.4) is 0 Å². The Bertz CT molecular complexity index is 1300. The molecule has 0 fully saturated rings. The van der Waals surface area contributed by atoms with Crippen LogP contribution in [0.15, 0.2) is 30.5 Å². The van der Waals surface area contributed by atoms with Crippen molar-refractivity contribution in [2.24, 2.45) is 0 Å². The zero-order chi connectivity index (χ0) is 24.8. The van der Waals surface area contributed by atoms with Crippen LogP contribution in [0, 0.1) is 11.8 Å². The van der Waals surface area contributed by atoms with Gasteiger partial charge in [0.25, 0.3) is 0 Å². The lowest BCUT2D eigenvalue weighted by Crippen LogP contribution is -2.04. The fourth-order valence-electron chi connectivity index (χ4n) is 3.32. The lowest BCUT2D eigenvalue weighted by Gasteiger charge is -2.13. The monoisotopic (exact) mass is 500 g/mol. The van der Waals surface area contributed by atoms with E-state index in [0.29, 0.717) is 40.4 Å². The number of aromatic carboxylic acids is 1. The summed E-state index contributed by atoms with van der Waals surface area (Å²) in [7, 11) is 5.89. The van der Waals surface area contributed by atoms with Gasteiger partial charge in [-0.1, -0.05) is 11.8 Å². The predicted octanol–water partition coefficient (Wildman–Crippen LogP) is 2.79. The van der Waals surface area contributed by atoms with E-state index >= 15 is 0 Å². The number of nitrogens with zero attached hydrogens (tertiary/aromatic N) is 2. The molecule has 2 aromatic carbocycles. The first-order valence-corrected chi connectivity index (χ1v) is 9.94. The molecular weight excluding hydrogens is 476 g/mol. The smallest absolute Gasteiger partial charge is 0.335 e. The lowest BCUT2D eigenvalue weighted by molar-refractivity contribution is 0.0696. The van der Waals surface area contributed by atoms with Crippen molar-refractivity contribution >= 4 is 30.1 Å². The Kier molecular flexibility index (Phi) is 8.97. The number of carboxylic acids is 1. The quantitative estimate of drug-likeness (QED) is 0.413. The second-order valence-corrected chi connectivity index (χ2v) is 7.01. The highest BCUT2D eigenvalue weighted by molar-refractivity contribution is 5.89. The Hall–Kier alpha value is -4.36. The van der Waals surface area contributed by atoms with Crippen molar-refractivity contribution in [3.8, 4) is 34.8 Å². The number of rotatable bonds is 7. The van der Waals surface area contributed by atoms with E-state index in [1.165, 1.54) is 40.6 Å². The zero-order valence-electron chi connectivity index (χ0n) is 19.5. The van der Waals surface area contributed by atoms with Crippen LogP contribution in [0.25, 0.3) is 0 Å². The first kappa shape index (κ1) is 26.9. The summed E-state index contributed by atoms with van der Waals surface area (Å²) in [5, 5.41) is 9.44. The van der Waals surface area contributed by atoms with Gasteiger partial charge in [0.05, 0.1) is 45.1 Å². The van der Waals surface area contributed by atoms with Gasteiger partial charge >= 0.3 is 5.97 Å². The number of ether oxygens (including phenoxy) is 4. The number of halogens is 1. The number of carboxylic acid groups (broad SMARTS) is 1. The molecule has 0 aliphatic rings. The van der Waals surface area contributed by atoms with E-state index in [9.17, 15) is 9.90 Å². The molecule has 5 N–H and O–H groups in total. The van der Waals surface area contributed by atoms with E-state index in [4.69, 9.17) is 30.4 Å². The number of hydrogen-bond donors (Lipinski definition) is 3. The van der Waals surface area contributed by atoms with Gasteiger partial charge in [-0.05, 0) is 29.8 Å². The summed E-state index contributed by atoms with van der Waals surface area (Å²) in [6.07, 6.45) is 1.96. The van der Waals surface area contributed by atoms with Crippen molar-refractivity contribution in [2.75, 3.05) is 39.9 Å². The molecule has 3 rings (SSSR count). The number of methoxy groups -OCH3 is 4. The van der Waals surface area contributed by atoms with Crippen LogP contribution in [0.1, 0.15) is 32.6 Å². The van der Waals surface area contributed by atoms with Crippen LogP contribution in [0.5, 0.6) is 23.0 Å². The molecule has 0 saturated carbocycles. The van der Waals surface area contributed by atoms with Gasteiger partial charge in [0, 0.05) is 18.2 Å². The molecule has 0 bridgehead atoms. The zero-order valence-corrected chi connectivity index (χ0v) is 20.4. The fraction of sp³-hybridized carbons (Fsp3) is 0.208. The minimum absolute atomic E-state index is 0. The summed E-state index contributed by atoms with van der Waals surface area (Å²) >= 11 is 0. The van der Waals surface area contributed by atoms with Gasteiger partial charge in [0.2, 0.25) is 5.95 Å². The maximum atomic E-state index is 11.5. The number of nitrogen functional groups attached to an aromatic ring is 2. The minimum Gasteiger partial charge on any atom is -0.493 e. The molecule has 184 valence electrons. The minimum atomic E-state index is -1.12. The third-order valence-corrected chi connectivity index (χ3v) is 4.91. The molecule has 0 unspecified atom stereocenters. The number of benzene rings is 2. The van der Waals surface area contributed by atoms with Gasteiger partial charge in [0.1, 0.15) is 5.82 Å². The molecule has 10 nitrogen and oxygen atoms in total. The molecule has 11 heteroatoms. The molecule has 0 amide bonds. The number of nitrogens with two attached hydrogens (primary N) is 2. The maximum Gasteiger partial charge on any atom is 0.335 e. The summed E-state index contributed by atoms with van der Waals surface area (Å²) in [6.45, 7) is 0. The molecule has 1 heterocycles. The van der Waals surface area contributed by atoms with E-state index in [2.05, 4.69) is 21.8 Å². The van der Waals surface area contributed by atoms with Gasteiger partial charge in [-0.25, -0.2) is 9.78 Å². The molecule has 0 aliphatic carbocycles. The average Bonchev–Trinajstić information content (AvgIpc) is 2.83. The van der Waals surface area contributed by atoms with Crippen molar-refractivity contribution in [2.45, 2.75) is 6.42 Å². The summed E-state index contributed by atoms with van der Waals surface area (Å²) in [6, 6.07) is 6.40. The first-order valence-electron chi connectivity index (χ1n) is 9.94. The van der Waals surface area contributed by atoms with Gasteiger partial charge in [-0.15, -0.1) is 12.4 Å². The second-order valence-electron chi connectivity index (χ2n) is 7.01. The van der Waals surface area contributed by atoms with Gasteiger partial charge in [0.15, 0.2) is 23.0 Å². The Labute approximate surface area is 208 Å². The molecule has 1 aromatic heterocycles. The standard InChI is InChI=1S/C24H24N4O6.ClH/c1-31-18-9-13(8-17-12-27-24(26)28-22(17)25)7-14(20(18)33-3)5-6-15-10-16(23(29)30)11-19(32-2)21(15)34-4;/h7,9-12H,8H2,1-4H3,(H,29,30)(H4,25,26,27,28);1H. The Morgan fingerprint density at radius 3 is 2.00 bits per heavy atom. The summed E-state index contributed by atoms with van der Waals surface area (Å²) < 4.78 is 21.7. The summed E-state index contributed by atoms with van der Waals surface area (Å²) in [5.74, 6) is 6.69. The maximum absolute atomic E-state index is 11.5. The number of hydrogen-bond acceptors (Lipinski definition) is 9. The molecule has 35 heavy (non-hydrogen) atoms. The van der Waals surface area contributed by atoms with Crippen molar-refractivity contribution in [3.05, 3.63) is 58.3 Å². The van der Waals surface area contributed by atoms with E-state index in [0.717, 1.165) is 5.56 Å². The molecule has 0 atom stereocenters. The fourth-order valence-corrected chi connectivity index (χ4v) is 3.32. The van der Waals surface area contributed by atoms with Crippen molar-refractivity contribution in [1.29, 1.82) is 0 Å². The highest BCUT2D eigenvalue weighted by atomic mass is 35.5. The van der Waals surface area contributed by atoms with Gasteiger partial charge in [-0.3, -0.25) is 0 Å². The molecule has 0 saturated heterocycles. The highest BCUT2D eigenvalue weighted by Crippen LogP contribution is 2.35. The molecule has 0 spiro atoms. The number of anilines is 2. The summed E-state index contributed by atoms with van der Waals surface area (Å²) in [5.41, 5.74) is 13.9. The van der Waals surface area contributed by atoms with Crippen LogP contribution in [0.4, 0.5) is 11.8 Å². The van der Waals surface area contributed by atoms with E-state index in [1.807, 2.05) is 6.07 Å². The van der Waals surface area contributed by atoms with Crippen LogP contribution >= 0.6 is 12.4 Å². The summed E-state index contributed by atoms with van der Waals surface area (Å²) in [4.78, 5) is 19.5. The second kappa shape index (κ2) is 11.7. The van der Waals surface area contributed by atoms with Crippen LogP contribution in [-0.2, 0) is 6.42 Å². The largest absolute Gasteiger partial charge is 0.493 e. The van der Waals surface area contributed by atoms with Gasteiger partial charge in [-0.2, -0.15) is 4.98 Å². The molecule has 3 aromatic rings. The number of carbonyl (C=O) groups is 1. The third-order valence-electron chi connectivity index (χ3n) is 4.91. The molecule has 0 radical (unpaired) electrons. The van der Waals surface area contributed by atoms with Crippen LogP contribution in [0.2, 0.25) is 0 Å². The van der Waals surface area contributed by atoms with Crippen molar-refractivity contribution < 1.29 is 28.8 Å².